The maximum Gasteiger partial charge on any atom is 0.237 e. The summed E-state index contributed by atoms with van der Waals surface area (Å²) in [5.41, 5.74) is 5.37. The molecule has 122 valence electrons. The monoisotopic (exact) mass is 314 g/mol. The molecule has 1 unspecified atom stereocenters. The third-order valence-corrected chi connectivity index (χ3v) is 4.63. The fourth-order valence-electron chi connectivity index (χ4n) is 2.46. The topological polar surface area (TPSA) is 61.6 Å². The summed E-state index contributed by atoms with van der Waals surface area (Å²) in [6.45, 7) is 15.5. The van der Waals surface area contributed by atoms with Gasteiger partial charge in [0, 0.05) is 31.7 Å². The zero-order chi connectivity index (χ0) is 16.4. The Balaban J connectivity index is 2.57. The number of hydrogen-bond acceptors (Lipinski definition) is 4. The number of carbonyl (C=O) groups is 1. The highest BCUT2D eigenvalue weighted by Gasteiger charge is 2.34. The summed E-state index contributed by atoms with van der Waals surface area (Å²) < 4.78 is 0. The number of nitrogens with one attached hydrogen (secondary N) is 1. The summed E-state index contributed by atoms with van der Waals surface area (Å²) in [6, 6.07) is -0.112. The fourth-order valence-corrected chi connectivity index (χ4v) is 2.59. The van der Waals surface area contributed by atoms with Crippen LogP contribution < -0.4 is 11.1 Å². The van der Waals surface area contributed by atoms with Gasteiger partial charge in [-0.15, -0.1) is 0 Å². The van der Waals surface area contributed by atoms with Gasteiger partial charge in [0.2, 0.25) is 5.91 Å². The van der Waals surface area contributed by atoms with Crippen LogP contribution in [0, 0.1) is 0 Å². The summed E-state index contributed by atoms with van der Waals surface area (Å²) in [4.78, 5) is 17.3. The smallest absolute Gasteiger partial charge is 0.237 e. The SMILES string of the molecule is CC(C(=O)NC(C)(C)C)N1CCN(C(C)(C)C(N)=S)CC1. The Morgan fingerprint density at radius 3 is 2.00 bits per heavy atom. The number of hydrogen-bond donors (Lipinski definition) is 2. The molecule has 0 spiro atoms. The highest BCUT2D eigenvalue weighted by Crippen LogP contribution is 2.18. The molecule has 0 saturated carbocycles. The lowest BCUT2D eigenvalue weighted by atomic mass is 10.0. The first-order chi connectivity index (χ1) is 9.45. The van der Waals surface area contributed by atoms with Crippen LogP contribution in [-0.2, 0) is 4.79 Å². The van der Waals surface area contributed by atoms with Crippen molar-refractivity contribution < 1.29 is 4.79 Å². The van der Waals surface area contributed by atoms with E-state index < -0.39 is 0 Å². The Morgan fingerprint density at radius 2 is 1.62 bits per heavy atom. The van der Waals surface area contributed by atoms with Gasteiger partial charge in [0.05, 0.1) is 16.6 Å². The van der Waals surface area contributed by atoms with E-state index in [-0.39, 0.29) is 23.0 Å². The van der Waals surface area contributed by atoms with Crippen LogP contribution in [0.15, 0.2) is 0 Å². The van der Waals surface area contributed by atoms with Crippen LogP contribution in [0.2, 0.25) is 0 Å². The quantitative estimate of drug-likeness (QED) is 0.757. The molecule has 0 aliphatic carbocycles. The lowest BCUT2D eigenvalue weighted by Gasteiger charge is -2.44. The summed E-state index contributed by atoms with van der Waals surface area (Å²) in [6.07, 6.45) is 0. The Hall–Kier alpha value is -0.720. The van der Waals surface area contributed by atoms with Crippen LogP contribution in [0.25, 0.3) is 0 Å². The number of piperazine rings is 1. The largest absolute Gasteiger partial charge is 0.392 e. The average Bonchev–Trinajstić information content (AvgIpc) is 2.35. The summed E-state index contributed by atoms with van der Waals surface area (Å²) in [5, 5.41) is 3.04. The van der Waals surface area contributed by atoms with Gasteiger partial charge in [0.25, 0.3) is 0 Å². The molecule has 1 heterocycles. The Labute approximate surface area is 134 Å². The first-order valence-electron chi connectivity index (χ1n) is 7.56. The number of nitrogens with zero attached hydrogens (tertiary/aromatic N) is 2. The number of rotatable bonds is 4. The zero-order valence-electron chi connectivity index (χ0n) is 14.2. The van der Waals surface area contributed by atoms with Gasteiger partial charge >= 0.3 is 0 Å². The number of thiocarbonyl (C=S) groups is 1. The molecular weight excluding hydrogens is 284 g/mol. The summed E-state index contributed by atoms with van der Waals surface area (Å²) in [5.74, 6) is 0.0876. The van der Waals surface area contributed by atoms with E-state index in [0.717, 1.165) is 26.2 Å². The number of nitrogens with two attached hydrogens (primary N) is 1. The molecule has 0 aromatic carbocycles. The minimum absolute atomic E-state index is 0.0876. The van der Waals surface area contributed by atoms with Crippen LogP contribution in [-0.4, -0.2) is 64.0 Å². The van der Waals surface area contributed by atoms with Crippen molar-refractivity contribution in [2.45, 2.75) is 58.7 Å². The summed E-state index contributed by atoms with van der Waals surface area (Å²) >= 11 is 5.15. The van der Waals surface area contributed by atoms with E-state index in [1.165, 1.54) is 0 Å². The lowest BCUT2D eigenvalue weighted by molar-refractivity contribution is -0.128. The van der Waals surface area contributed by atoms with Crippen LogP contribution in [0.1, 0.15) is 41.5 Å². The molecule has 1 fully saturated rings. The lowest BCUT2D eigenvalue weighted by Crippen LogP contribution is -2.62. The van der Waals surface area contributed by atoms with Gasteiger partial charge in [-0.1, -0.05) is 12.2 Å². The van der Waals surface area contributed by atoms with Crippen LogP contribution in [0.3, 0.4) is 0 Å². The number of amides is 1. The van der Waals surface area contributed by atoms with E-state index in [0.29, 0.717) is 4.99 Å². The van der Waals surface area contributed by atoms with Gasteiger partial charge in [-0.05, 0) is 41.5 Å². The van der Waals surface area contributed by atoms with Gasteiger partial charge in [0.15, 0.2) is 0 Å². The maximum absolute atomic E-state index is 12.2. The third-order valence-electron chi connectivity index (χ3n) is 4.13. The molecule has 0 aromatic rings. The van der Waals surface area contributed by atoms with Gasteiger partial charge < -0.3 is 11.1 Å². The first-order valence-corrected chi connectivity index (χ1v) is 7.97. The van der Waals surface area contributed by atoms with Crippen molar-refractivity contribution in [1.82, 2.24) is 15.1 Å². The van der Waals surface area contributed by atoms with Crippen molar-refractivity contribution >= 4 is 23.1 Å². The van der Waals surface area contributed by atoms with E-state index in [9.17, 15) is 4.79 Å². The maximum atomic E-state index is 12.2. The van der Waals surface area contributed by atoms with Crippen molar-refractivity contribution in [2.24, 2.45) is 5.73 Å². The molecule has 1 aliphatic rings. The van der Waals surface area contributed by atoms with E-state index in [2.05, 4.69) is 29.0 Å². The van der Waals surface area contributed by atoms with Crippen molar-refractivity contribution in [2.75, 3.05) is 26.2 Å². The fraction of sp³-hybridized carbons (Fsp3) is 0.867. The molecule has 1 rings (SSSR count). The second-order valence-corrected chi connectivity index (χ2v) is 7.80. The normalized spacial score (nSPS) is 20.1. The van der Waals surface area contributed by atoms with Crippen molar-refractivity contribution in [1.29, 1.82) is 0 Å². The van der Waals surface area contributed by atoms with E-state index >= 15 is 0 Å². The molecule has 5 nitrogen and oxygen atoms in total. The zero-order valence-corrected chi connectivity index (χ0v) is 15.0. The molecule has 1 saturated heterocycles. The van der Waals surface area contributed by atoms with Crippen LogP contribution >= 0.6 is 12.2 Å². The van der Waals surface area contributed by atoms with E-state index in [1.807, 2.05) is 27.7 Å². The molecule has 21 heavy (non-hydrogen) atoms. The molecule has 6 heteroatoms. The predicted molar refractivity (Wildman–Crippen MR) is 91.4 cm³/mol. The molecule has 0 radical (unpaired) electrons. The van der Waals surface area contributed by atoms with Gasteiger partial charge in [-0.3, -0.25) is 14.6 Å². The highest BCUT2D eigenvalue weighted by molar-refractivity contribution is 7.80. The van der Waals surface area contributed by atoms with Crippen LogP contribution in [0.5, 0.6) is 0 Å². The first kappa shape index (κ1) is 18.3. The molecule has 1 amide bonds. The van der Waals surface area contributed by atoms with Crippen molar-refractivity contribution in [3.63, 3.8) is 0 Å². The van der Waals surface area contributed by atoms with Crippen molar-refractivity contribution in [3.8, 4) is 0 Å². The van der Waals surface area contributed by atoms with Crippen molar-refractivity contribution in [3.05, 3.63) is 0 Å². The second-order valence-electron chi connectivity index (χ2n) is 7.36. The molecule has 1 atom stereocenters. The molecule has 0 aromatic heterocycles. The Bertz CT molecular complexity index is 395. The predicted octanol–water partition coefficient (Wildman–Crippen LogP) is 0.972. The van der Waals surface area contributed by atoms with Gasteiger partial charge in [0.1, 0.15) is 0 Å². The summed E-state index contributed by atoms with van der Waals surface area (Å²) in [7, 11) is 0. The Morgan fingerprint density at radius 1 is 1.14 bits per heavy atom. The molecule has 1 aliphatic heterocycles. The average molecular weight is 314 g/mol. The Kier molecular flexibility index (Phi) is 5.75. The van der Waals surface area contributed by atoms with Gasteiger partial charge in [-0.2, -0.15) is 0 Å². The number of carbonyl (C=O) groups excluding carboxylic acids is 1. The molecular formula is C15H30N4OS. The van der Waals surface area contributed by atoms with Crippen LogP contribution in [0.4, 0.5) is 0 Å². The molecule has 3 N–H and O–H groups in total. The van der Waals surface area contributed by atoms with E-state index in [1.54, 1.807) is 0 Å². The minimum Gasteiger partial charge on any atom is -0.392 e. The van der Waals surface area contributed by atoms with Gasteiger partial charge in [-0.25, -0.2) is 0 Å². The minimum atomic E-state index is -0.266. The molecule has 0 bridgehead atoms. The highest BCUT2D eigenvalue weighted by atomic mass is 32.1. The third kappa shape index (κ3) is 4.90. The van der Waals surface area contributed by atoms with E-state index in [4.69, 9.17) is 18.0 Å². The standard InChI is InChI=1S/C15H30N4OS/c1-11(12(20)17-14(2,3)4)18-7-9-19(10-8-18)15(5,6)13(16)21/h11H,7-10H2,1-6H3,(H2,16,21)(H,17,20). The second kappa shape index (κ2) is 6.58.